The molecule has 2 aromatic carbocycles. The lowest BCUT2D eigenvalue weighted by Crippen LogP contribution is -2.49. The summed E-state index contributed by atoms with van der Waals surface area (Å²) in [5, 5.41) is 4.55. The molecule has 0 atom stereocenters. The molecule has 0 aliphatic carbocycles. The van der Waals surface area contributed by atoms with Crippen molar-refractivity contribution < 1.29 is 13.2 Å². The van der Waals surface area contributed by atoms with Crippen molar-refractivity contribution in [3.63, 3.8) is 0 Å². The van der Waals surface area contributed by atoms with Gasteiger partial charge in [-0.15, -0.1) is 5.10 Å². The van der Waals surface area contributed by atoms with Crippen LogP contribution in [0.1, 0.15) is 11.1 Å². The molecule has 168 valence electrons. The maximum Gasteiger partial charge on any atom is 0.271 e. The fourth-order valence-corrected chi connectivity index (χ4v) is 5.09. The molecule has 4 rings (SSSR count). The van der Waals surface area contributed by atoms with Gasteiger partial charge in [-0.05, 0) is 67.4 Å². The van der Waals surface area contributed by atoms with E-state index in [9.17, 15) is 13.2 Å². The van der Waals surface area contributed by atoms with Crippen LogP contribution in [0, 0.1) is 13.8 Å². The third-order valence-corrected chi connectivity index (χ3v) is 7.69. The Morgan fingerprint density at radius 1 is 0.875 bits per heavy atom. The van der Waals surface area contributed by atoms with Crippen LogP contribution in [0.25, 0.3) is 5.69 Å². The molecule has 0 spiro atoms. The molecule has 0 saturated carbocycles. The lowest BCUT2D eigenvalue weighted by atomic mass is 10.1. The van der Waals surface area contributed by atoms with E-state index in [1.807, 2.05) is 36.9 Å². The largest absolute Gasteiger partial charge is 0.497 e. The van der Waals surface area contributed by atoms with Crippen LogP contribution in [0.15, 0.2) is 64.3 Å². The SMILES string of the molecule is COc1ccc(S(=O)(=O)N2CCN(c3ccc(=O)n(-c4ccc(C)c(C)c4)n3)CC2)cc1. The summed E-state index contributed by atoms with van der Waals surface area (Å²) in [6.45, 7) is 5.64. The number of sulfonamides is 1. The Kier molecular flexibility index (Phi) is 6.03. The second-order valence-electron chi connectivity index (χ2n) is 7.78. The molecule has 3 aromatic rings. The third kappa shape index (κ3) is 4.26. The molecule has 1 aliphatic heterocycles. The van der Waals surface area contributed by atoms with Crippen molar-refractivity contribution in [2.75, 3.05) is 38.2 Å². The second kappa shape index (κ2) is 8.76. The summed E-state index contributed by atoms with van der Waals surface area (Å²) in [5.74, 6) is 1.25. The van der Waals surface area contributed by atoms with Gasteiger partial charge in [0.15, 0.2) is 0 Å². The molecule has 0 radical (unpaired) electrons. The van der Waals surface area contributed by atoms with E-state index in [4.69, 9.17) is 4.74 Å². The van der Waals surface area contributed by atoms with Crippen LogP contribution < -0.4 is 15.2 Å². The van der Waals surface area contributed by atoms with Gasteiger partial charge in [-0.2, -0.15) is 8.99 Å². The van der Waals surface area contributed by atoms with E-state index in [2.05, 4.69) is 5.10 Å². The van der Waals surface area contributed by atoms with Gasteiger partial charge in [0.2, 0.25) is 10.0 Å². The minimum absolute atomic E-state index is 0.210. The second-order valence-corrected chi connectivity index (χ2v) is 9.71. The number of piperazine rings is 1. The molecule has 1 aliphatic rings. The summed E-state index contributed by atoms with van der Waals surface area (Å²) in [6, 6.07) is 15.4. The topological polar surface area (TPSA) is 84.7 Å². The average molecular weight is 455 g/mol. The monoisotopic (exact) mass is 454 g/mol. The number of methoxy groups -OCH3 is 1. The van der Waals surface area contributed by atoms with Crippen LogP contribution in [0.3, 0.4) is 0 Å². The fourth-order valence-electron chi connectivity index (χ4n) is 3.67. The van der Waals surface area contributed by atoms with Gasteiger partial charge in [0.05, 0.1) is 17.7 Å². The predicted molar refractivity (Wildman–Crippen MR) is 123 cm³/mol. The highest BCUT2D eigenvalue weighted by Gasteiger charge is 2.29. The molecular weight excluding hydrogens is 428 g/mol. The van der Waals surface area contributed by atoms with E-state index in [0.717, 1.165) is 11.1 Å². The number of rotatable bonds is 5. The number of hydrogen-bond acceptors (Lipinski definition) is 6. The highest BCUT2D eigenvalue weighted by molar-refractivity contribution is 7.89. The van der Waals surface area contributed by atoms with Crippen LogP contribution in [-0.2, 0) is 10.0 Å². The summed E-state index contributed by atoms with van der Waals surface area (Å²) in [5.41, 5.74) is 2.73. The maximum atomic E-state index is 13.0. The van der Waals surface area contributed by atoms with Crippen molar-refractivity contribution >= 4 is 15.8 Å². The van der Waals surface area contributed by atoms with Crippen molar-refractivity contribution in [2.24, 2.45) is 0 Å². The number of hydrogen-bond donors (Lipinski definition) is 0. The van der Waals surface area contributed by atoms with E-state index in [1.54, 1.807) is 37.4 Å². The van der Waals surface area contributed by atoms with Gasteiger partial charge in [0.1, 0.15) is 11.6 Å². The highest BCUT2D eigenvalue weighted by atomic mass is 32.2. The Labute approximate surface area is 187 Å². The summed E-state index contributed by atoms with van der Waals surface area (Å²) in [7, 11) is -2.04. The first-order chi connectivity index (χ1) is 15.3. The molecule has 1 fully saturated rings. The van der Waals surface area contributed by atoms with Crippen molar-refractivity contribution in [3.8, 4) is 11.4 Å². The van der Waals surface area contributed by atoms with Gasteiger partial charge in [-0.3, -0.25) is 4.79 Å². The first-order valence-electron chi connectivity index (χ1n) is 10.4. The number of aromatic nitrogens is 2. The third-order valence-electron chi connectivity index (χ3n) is 5.78. The number of benzene rings is 2. The zero-order valence-electron chi connectivity index (χ0n) is 18.4. The van der Waals surface area contributed by atoms with Crippen molar-refractivity contribution in [2.45, 2.75) is 18.7 Å². The minimum atomic E-state index is -3.58. The molecule has 2 heterocycles. The maximum absolute atomic E-state index is 13.0. The van der Waals surface area contributed by atoms with Crippen LogP contribution >= 0.6 is 0 Å². The zero-order chi connectivity index (χ0) is 22.9. The number of aryl methyl sites for hydroxylation is 2. The van der Waals surface area contributed by atoms with E-state index in [-0.39, 0.29) is 10.5 Å². The van der Waals surface area contributed by atoms with Crippen LogP contribution in [-0.4, -0.2) is 55.8 Å². The molecule has 0 bridgehead atoms. The average Bonchev–Trinajstić information content (AvgIpc) is 2.81. The number of nitrogens with zero attached hydrogens (tertiary/aromatic N) is 4. The summed E-state index contributed by atoms with van der Waals surface area (Å²) in [6.07, 6.45) is 0. The van der Waals surface area contributed by atoms with Crippen molar-refractivity contribution in [1.29, 1.82) is 0 Å². The Hall–Kier alpha value is -3.17. The lowest BCUT2D eigenvalue weighted by Gasteiger charge is -2.34. The summed E-state index contributed by atoms with van der Waals surface area (Å²) < 4.78 is 33.9. The molecule has 1 aromatic heterocycles. The van der Waals surface area contributed by atoms with Gasteiger partial charge in [0, 0.05) is 32.2 Å². The van der Waals surface area contributed by atoms with E-state index in [1.165, 1.54) is 15.1 Å². The standard InChI is InChI=1S/C23H26N4O4S/c1-17-4-5-19(16-18(17)2)27-23(28)11-10-22(24-27)25-12-14-26(15-13-25)32(29,30)21-8-6-20(31-3)7-9-21/h4-11,16H,12-15H2,1-3H3. The molecule has 32 heavy (non-hydrogen) atoms. The normalized spacial score (nSPS) is 15.0. The zero-order valence-corrected chi connectivity index (χ0v) is 19.2. The predicted octanol–water partition coefficient (Wildman–Crippen LogP) is 2.37. The Morgan fingerprint density at radius 2 is 1.56 bits per heavy atom. The number of anilines is 1. The van der Waals surface area contributed by atoms with E-state index >= 15 is 0 Å². The van der Waals surface area contributed by atoms with Gasteiger partial charge in [-0.1, -0.05) is 6.07 Å². The molecule has 8 nitrogen and oxygen atoms in total. The fraction of sp³-hybridized carbons (Fsp3) is 0.304. The highest BCUT2D eigenvalue weighted by Crippen LogP contribution is 2.22. The first kappa shape index (κ1) is 22.0. The quantitative estimate of drug-likeness (QED) is 0.589. The molecule has 1 saturated heterocycles. The summed E-state index contributed by atoms with van der Waals surface area (Å²) >= 11 is 0. The number of ether oxygens (including phenoxy) is 1. The Bertz CT molecular complexity index is 1280. The molecule has 9 heteroatoms. The van der Waals surface area contributed by atoms with Crippen molar-refractivity contribution in [1.82, 2.24) is 14.1 Å². The molecule has 0 amide bonds. The van der Waals surface area contributed by atoms with Crippen LogP contribution in [0.2, 0.25) is 0 Å². The van der Waals surface area contributed by atoms with Crippen molar-refractivity contribution in [3.05, 3.63) is 76.1 Å². The Morgan fingerprint density at radius 3 is 2.19 bits per heavy atom. The first-order valence-corrected chi connectivity index (χ1v) is 11.8. The van der Waals surface area contributed by atoms with Gasteiger partial charge < -0.3 is 9.64 Å². The summed E-state index contributed by atoms with van der Waals surface area (Å²) in [4.78, 5) is 14.7. The van der Waals surface area contributed by atoms with Crippen LogP contribution in [0.5, 0.6) is 5.75 Å². The Balaban J connectivity index is 1.51. The lowest BCUT2D eigenvalue weighted by molar-refractivity contribution is 0.383. The minimum Gasteiger partial charge on any atom is -0.497 e. The van der Waals surface area contributed by atoms with Gasteiger partial charge >= 0.3 is 0 Å². The molecule has 0 N–H and O–H groups in total. The van der Waals surface area contributed by atoms with Crippen LogP contribution in [0.4, 0.5) is 5.82 Å². The van der Waals surface area contributed by atoms with E-state index < -0.39 is 10.0 Å². The smallest absolute Gasteiger partial charge is 0.271 e. The van der Waals surface area contributed by atoms with Gasteiger partial charge in [-0.25, -0.2) is 8.42 Å². The molecule has 0 unspecified atom stereocenters. The van der Waals surface area contributed by atoms with Gasteiger partial charge in [0.25, 0.3) is 5.56 Å². The molecular formula is C23H26N4O4S. The van der Waals surface area contributed by atoms with E-state index in [0.29, 0.717) is 43.4 Å².